The Morgan fingerprint density at radius 3 is 2.61 bits per heavy atom. The summed E-state index contributed by atoms with van der Waals surface area (Å²) >= 11 is 0. The van der Waals surface area contributed by atoms with Crippen LogP contribution in [0.4, 0.5) is 8.78 Å². The number of aliphatic imine (C=N–C) groups is 1. The van der Waals surface area contributed by atoms with Gasteiger partial charge in [-0.3, -0.25) is 4.99 Å². The molecule has 0 amide bonds. The summed E-state index contributed by atoms with van der Waals surface area (Å²) in [4.78, 5) is 20.8. The summed E-state index contributed by atoms with van der Waals surface area (Å²) in [7, 11) is 2.49. The molecular formula is C21H22F2N2O3. The topological polar surface area (TPSA) is 52.2 Å². The van der Waals surface area contributed by atoms with Gasteiger partial charge in [0, 0.05) is 5.56 Å². The van der Waals surface area contributed by atoms with Gasteiger partial charge in [-0.25, -0.2) is 15.8 Å². The van der Waals surface area contributed by atoms with Crippen molar-refractivity contribution in [1.29, 1.82) is 0 Å². The van der Waals surface area contributed by atoms with Crippen LogP contribution in [0.1, 0.15) is 44.1 Å². The molecule has 148 valence electrons. The van der Waals surface area contributed by atoms with E-state index in [1.807, 2.05) is 0 Å². The molecule has 0 saturated heterocycles. The van der Waals surface area contributed by atoms with Gasteiger partial charge in [-0.1, -0.05) is 18.9 Å². The zero-order valence-corrected chi connectivity index (χ0v) is 16.1. The fraction of sp³-hybridized carbons (Fsp3) is 0.476. The van der Waals surface area contributed by atoms with E-state index in [1.54, 1.807) is 6.92 Å². The Labute approximate surface area is 162 Å². The van der Waals surface area contributed by atoms with Gasteiger partial charge < -0.3 is 14.3 Å². The van der Waals surface area contributed by atoms with Crippen LogP contribution >= 0.6 is 0 Å². The van der Waals surface area contributed by atoms with E-state index in [-0.39, 0.29) is 16.9 Å². The average Bonchev–Trinajstić information content (AvgIpc) is 3.51. The molecule has 2 aliphatic rings. The highest BCUT2D eigenvalue weighted by atomic mass is 19.2. The van der Waals surface area contributed by atoms with Crippen molar-refractivity contribution in [2.75, 3.05) is 14.2 Å². The Bertz CT molecular complexity index is 898. The maximum Gasteiger partial charge on any atom is 0.336 e. The van der Waals surface area contributed by atoms with Gasteiger partial charge in [-0.15, -0.1) is 0 Å². The van der Waals surface area contributed by atoms with Crippen LogP contribution in [0.15, 0.2) is 28.4 Å². The number of methoxy groups -OCH3 is 2. The predicted octanol–water partition coefficient (Wildman–Crippen LogP) is 4.44. The highest BCUT2D eigenvalue weighted by molar-refractivity contribution is 6.00. The molecule has 0 N–H and O–H groups in total. The molecule has 28 heavy (non-hydrogen) atoms. The average molecular weight is 388 g/mol. The summed E-state index contributed by atoms with van der Waals surface area (Å²) in [5, 5.41) is 0. The lowest BCUT2D eigenvalue weighted by atomic mass is 9.79. The first kappa shape index (κ1) is 20.0. The Hall–Kier alpha value is -2.75. The largest absolute Gasteiger partial charge is 0.493 e. The lowest BCUT2D eigenvalue weighted by molar-refractivity contribution is -0.136. The monoisotopic (exact) mass is 388 g/mol. The first-order valence-corrected chi connectivity index (χ1v) is 9.17. The van der Waals surface area contributed by atoms with Gasteiger partial charge in [0.15, 0.2) is 11.6 Å². The quantitative estimate of drug-likeness (QED) is 0.535. The molecule has 0 radical (unpaired) electrons. The van der Waals surface area contributed by atoms with E-state index in [9.17, 15) is 13.6 Å². The first-order chi connectivity index (χ1) is 13.4. The van der Waals surface area contributed by atoms with Crippen molar-refractivity contribution in [3.63, 3.8) is 0 Å². The molecule has 2 atom stereocenters. The highest BCUT2D eigenvalue weighted by Gasteiger charge is 2.44. The minimum Gasteiger partial charge on any atom is -0.493 e. The molecule has 1 heterocycles. The molecule has 7 heteroatoms. The highest BCUT2D eigenvalue weighted by Crippen LogP contribution is 2.44. The van der Waals surface area contributed by atoms with Crippen LogP contribution in [-0.4, -0.2) is 31.9 Å². The molecule has 1 aliphatic carbocycles. The summed E-state index contributed by atoms with van der Waals surface area (Å²) in [5.74, 6) is -3.35. The van der Waals surface area contributed by atoms with E-state index in [4.69, 9.17) is 16.0 Å². The van der Waals surface area contributed by atoms with Gasteiger partial charge in [0.05, 0.1) is 31.2 Å². The van der Waals surface area contributed by atoms with Crippen LogP contribution in [0, 0.1) is 24.1 Å². The summed E-state index contributed by atoms with van der Waals surface area (Å²) in [6, 6.07) is 1.51. The van der Waals surface area contributed by atoms with Crippen molar-refractivity contribution in [2.24, 2.45) is 10.9 Å². The number of allylic oxidation sites excluding steroid dienone is 1. The molecule has 5 nitrogen and oxygen atoms in total. The zero-order valence-electron chi connectivity index (χ0n) is 16.1. The Morgan fingerprint density at radius 1 is 1.32 bits per heavy atom. The van der Waals surface area contributed by atoms with E-state index < -0.39 is 29.6 Å². The molecule has 0 spiro atoms. The van der Waals surface area contributed by atoms with Crippen LogP contribution in [0.5, 0.6) is 5.75 Å². The number of carbonyl (C=O) groups is 1. The summed E-state index contributed by atoms with van der Waals surface area (Å²) < 4.78 is 38.2. The number of hydrogen-bond acceptors (Lipinski definition) is 4. The maximum atomic E-state index is 14.4. The zero-order chi connectivity index (χ0) is 20.4. The number of carbonyl (C=O) groups excluding carboxylic acids is 1. The van der Waals surface area contributed by atoms with Gasteiger partial charge in [-0.05, 0) is 31.7 Å². The Balaban J connectivity index is 2.19. The van der Waals surface area contributed by atoms with E-state index in [0.717, 1.165) is 25.3 Å². The molecule has 2 unspecified atom stereocenters. The molecule has 1 aliphatic heterocycles. The lowest BCUT2D eigenvalue weighted by Crippen LogP contribution is -2.33. The number of nitrogens with zero attached hydrogens (tertiary/aromatic N) is 2. The van der Waals surface area contributed by atoms with Gasteiger partial charge in [0.25, 0.3) is 6.04 Å². The van der Waals surface area contributed by atoms with E-state index in [1.165, 1.54) is 20.3 Å². The molecule has 1 aromatic rings. The molecule has 1 saturated carbocycles. The minimum atomic E-state index is -1.15. The minimum absolute atomic E-state index is 0.221. The molecular weight excluding hydrogens is 366 g/mol. The van der Waals surface area contributed by atoms with Gasteiger partial charge in [-0.2, -0.15) is 4.39 Å². The number of rotatable bonds is 6. The normalized spacial score (nSPS) is 21.8. The van der Waals surface area contributed by atoms with Crippen LogP contribution in [0.3, 0.4) is 0 Å². The predicted molar refractivity (Wildman–Crippen MR) is 100 cm³/mol. The SMILES string of the molecule is [C-]#[N+]C1C(C)=NC(CCC2CC2)=C(C(=O)OC)C1c1ccc(F)c(F)c1OC. The third-order valence-electron chi connectivity index (χ3n) is 5.33. The summed E-state index contributed by atoms with van der Waals surface area (Å²) in [5.41, 5.74) is 1.54. The molecule has 0 bridgehead atoms. The Morgan fingerprint density at radius 2 is 2.04 bits per heavy atom. The molecule has 1 aromatic carbocycles. The van der Waals surface area contributed by atoms with Crippen molar-refractivity contribution in [3.05, 3.63) is 52.0 Å². The number of hydrogen-bond donors (Lipinski definition) is 0. The Kier molecular flexibility index (Phi) is 5.78. The third-order valence-corrected chi connectivity index (χ3v) is 5.33. The van der Waals surface area contributed by atoms with Gasteiger partial charge in [0.1, 0.15) is 5.92 Å². The van der Waals surface area contributed by atoms with Crippen LogP contribution in [0.2, 0.25) is 0 Å². The molecule has 3 rings (SSSR count). The van der Waals surface area contributed by atoms with Crippen molar-refractivity contribution in [1.82, 2.24) is 0 Å². The van der Waals surface area contributed by atoms with Gasteiger partial charge in [0.2, 0.25) is 5.82 Å². The number of ether oxygens (including phenoxy) is 2. The number of esters is 1. The second-order valence-electron chi connectivity index (χ2n) is 7.12. The second-order valence-corrected chi connectivity index (χ2v) is 7.12. The fourth-order valence-electron chi connectivity index (χ4n) is 3.70. The summed E-state index contributed by atoms with van der Waals surface area (Å²) in [6.45, 7) is 9.34. The standard InChI is InChI=1S/C21H22F2N2O3/c1-11-19(24-2)16(13-8-9-14(22)18(23)20(13)27-3)17(21(26)28-4)15(25-11)10-7-12-5-6-12/h8-9,12,16,19H,5-7,10H2,1,3-4H3. The first-order valence-electron chi connectivity index (χ1n) is 9.17. The van der Waals surface area contributed by atoms with Crippen molar-refractivity contribution in [3.8, 4) is 5.75 Å². The van der Waals surface area contributed by atoms with Crippen LogP contribution in [0.25, 0.3) is 4.85 Å². The van der Waals surface area contributed by atoms with Crippen molar-refractivity contribution in [2.45, 2.75) is 44.6 Å². The third kappa shape index (κ3) is 3.64. The van der Waals surface area contributed by atoms with Crippen molar-refractivity contribution >= 4 is 11.7 Å². The number of halogens is 2. The maximum absolute atomic E-state index is 14.4. The number of benzene rings is 1. The second kappa shape index (κ2) is 8.09. The lowest BCUT2D eigenvalue weighted by Gasteiger charge is -2.28. The smallest absolute Gasteiger partial charge is 0.336 e. The van der Waals surface area contributed by atoms with Crippen molar-refractivity contribution < 1.29 is 23.0 Å². The fourth-order valence-corrected chi connectivity index (χ4v) is 3.70. The van der Waals surface area contributed by atoms with Crippen LogP contribution in [-0.2, 0) is 9.53 Å². The van der Waals surface area contributed by atoms with Crippen LogP contribution < -0.4 is 4.74 Å². The van der Waals surface area contributed by atoms with Gasteiger partial charge >= 0.3 is 5.97 Å². The summed E-state index contributed by atoms with van der Waals surface area (Å²) in [6.07, 6.45) is 3.78. The van der Waals surface area contributed by atoms with E-state index in [2.05, 4.69) is 9.84 Å². The molecule has 1 fully saturated rings. The van der Waals surface area contributed by atoms with E-state index >= 15 is 0 Å². The molecule has 0 aromatic heterocycles. The van der Waals surface area contributed by atoms with E-state index in [0.29, 0.717) is 23.7 Å².